The molecule has 0 radical (unpaired) electrons. The molecule has 0 N–H and O–H groups in total. The third kappa shape index (κ3) is 2.94. The van der Waals surface area contributed by atoms with Crippen LogP contribution in [0.1, 0.15) is 61.0 Å². The van der Waals surface area contributed by atoms with E-state index in [2.05, 4.69) is 59.5 Å². The molecule has 2 fully saturated rings. The SMILES string of the molecule is c1ccc(Cc2nc3c(c(N4CCCC4)n2)CC2(CCCC2)c2ccccc2-3)cc1. The van der Waals surface area contributed by atoms with Crippen LogP contribution in [0.4, 0.5) is 5.82 Å². The van der Waals surface area contributed by atoms with Crippen molar-refractivity contribution in [3.05, 3.63) is 77.1 Å². The van der Waals surface area contributed by atoms with Crippen molar-refractivity contribution in [1.82, 2.24) is 9.97 Å². The maximum atomic E-state index is 5.21. The Bertz CT molecular complexity index is 1060. The Morgan fingerprint density at radius 3 is 2.33 bits per heavy atom. The van der Waals surface area contributed by atoms with Gasteiger partial charge in [-0.1, -0.05) is 67.4 Å². The lowest BCUT2D eigenvalue weighted by Gasteiger charge is -2.38. The fourth-order valence-electron chi connectivity index (χ4n) is 6.03. The molecule has 0 amide bonds. The minimum absolute atomic E-state index is 0.294. The van der Waals surface area contributed by atoms with Crippen LogP contribution in [0.3, 0.4) is 0 Å². The van der Waals surface area contributed by atoms with Crippen molar-refractivity contribution < 1.29 is 0 Å². The quantitative estimate of drug-likeness (QED) is 0.569. The first-order valence-electron chi connectivity index (χ1n) is 11.6. The summed E-state index contributed by atoms with van der Waals surface area (Å²) in [7, 11) is 0. The Hall–Kier alpha value is -2.68. The molecule has 0 atom stereocenters. The van der Waals surface area contributed by atoms with Gasteiger partial charge in [0.05, 0.1) is 5.69 Å². The molecular formula is C27H29N3. The van der Waals surface area contributed by atoms with Crippen LogP contribution in [-0.4, -0.2) is 23.1 Å². The van der Waals surface area contributed by atoms with E-state index in [-0.39, 0.29) is 0 Å². The van der Waals surface area contributed by atoms with E-state index < -0.39 is 0 Å². The fraction of sp³-hybridized carbons (Fsp3) is 0.407. The van der Waals surface area contributed by atoms with Gasteiger partial charge in [-0.25, -0.2) is 9.97 Å². The minimum Gasteiger partial charge on any atom is -0.356 e. The lowest BCUT2D eigenvalue weighted by Crippen LogP contribution is -2.33. The zero-order valence-corrected chi connectivity index (χ0v) is 17.6. The van der Waals surface area contributed by atoms with Crippen LogP contribution in [0.5, 0.6) is 0 Å². The second kappa shape index (κ2) is 7.23. The summed E-state index contributed by atoms with van der Waals surface area (Å²) in [6, 6.07) is 19.7. The van der Waals surface area contributed by atoms with E-state index in [0.29, 0.717) is 5.41 Å². The summed E-state index contributed by atoms with van der Waals surface area (Å²) in [5, 5.41) is 0. The van der Waals surface area contributed by atoms with E-state index in [4.69, 9.17) is 9.97 Å². The van der Waals surface area contributed by atoms with Crippen molar-refractivity contribution in [2.45, 2.75) is 56.8 Å². The Balaban J connectivity index is 1.53. The molecule has 1 aliphatic heterocycles. The van der Waals surface area contributed by atoms with Crippen LogP contribution in [-0.2, 0) is 18.3 Å². The molecular weight excluding hydrogens is 366 g/mol. The highest BCUT2D eigenvalue weighted by Crippen LogP contribution is 2.52. The predicted octanol–water partition coefficient (Wildman–Crippen LogP) is 5.70. The standard InChI is InChI=1S/C27H29N3/c1-2-10-20(11-3-1)18-24-28-25-21-12-4-5-13-23(21)27(14-6-7-15-27)19-22(25)26(29-24)30-16-8-9-17-30/h1-5,10-13H,6-9,14-19H2. The van der Waals surface area contributed by atoms with Gasteiger partial charge in [0.15, 0.2) is 0 Å². The van der Waals surface area contributed by atoms with Crippen LogP contribution in [0.2, 0.25) is 0 Å². The minimum atomic E-state index is 0.294. The molecule has 3 nitrogen and oxygen atoms in total. The number of aromatic nitrogens is 2. The third-order valence-electron chi connectivity index (χ3n) is 7.47. The average molecular weight is 396 g/mol. The number of benzene rings is 2. The summed E-state index contributed by atoms with van der Waals surface area (Å²) in [6.07, 6.45) is 9.73. The summed E-state index contributed by atoms with van der Waals surface area (Å²) < 4.78 is 0. The number of fused-ring (bicyclic) bond motifs is 4. The summed E-state index contributed by atoms with van der Waals surface area (Å²) in [4.78, 5) is 12.9. The molecule has 2 heterocycles. The van der Waals surface area contributed by atoms with E-state index in [0.717, 1.165) is 31.8 Å². The molecule has 152 valence electrons. The molecule has 0 bridgehead atoms. The molecule has 2 aromatic carbocycles. The van der Waals surface area contributed by atoms with Crippen LogP contribution in [0.15, 0.2) is 54.6 Å². The van der Waals surface area contributed by atoms with E-state index in [1.807, 2.05) is 0 Å². The van der Waals surface area contributed by atoms with Gasteiger partial charge in [-0.15, -0.1) is 0 Å². The van der Waals surface area contributed by atoms with Gasteiger partial charge in [-0.05, 0) is 43.2 Å². The van der Waals surface area contributed by atoms with Crippen molar-refractivity contribution in [3.8, 4) is 11.3 Å². The second-order valence-corrected chi connectivity index (χ2v) is 9.36. The molecule has 1 aromatic heterocycles. The molecule has 3 aromatic rings. The lowest BCUT2D eigenvalue weighted by atomic mass is 9.68. The summed E-state index contributed by atoms with van der Waals surface area (Å²) in [6.45, 7) is 2.26. The first-order chi connectivity index (χ1) is 14.8. The topological polar surface area (TPSA) is 29.0 Å². The average Bonchev–Trinajstić information content (AvgIpc) is 3.48. The molecule has 1 saturated heterocycles. The van der Waals surface area contributed by atoms with E-state index in [9.17, 15) is 0 Å². The predicted molar refractivity (Wildman–Crippen MR) is 122 cm³/mol. The van der Waals surface area contributed by atoms with Gasteiger partial charge in [-0.3, -0.25) is 0 Å². The summed E-state index contributed by atoms with van der Waals surface area (Å²) in [5.41, 5.74) is 7.08. The van der Waals surface area contributed by atoms with Crippen LogP contribution >= 0.6 is 0 Å². The van der Waals surface area contributed by atoms with Gasteiger partial charge in [0.25, 0.3) is 0 Å². The lowest BCUT2D eigenvalue weighted by molar-refractivity contribution is 0.432. The van der Waals surface area contributed by atoms with Crippen molar-refractivity contribution in [2.24, 2.45) is 0 Å². The van der Waals surface area contributed by atoms with Crippen molar-refractivity contribution in [2.75, 3.05) is 18.0 Å². The van der Waals surface area contributed by atoms with Crippen molar-refractivity contribution >= 4 is 5.82 Å². The maximum Gasteiger partial charge on any atom is 0.136 e. The highest BCUT2D eigenvalue weighted by molar-refractivity contribution is 5.76. The van der Waals surface area contributed by atoms with E-state index >= 15 is 0 Å². The smallest absolute Gasteiger partial charge is 0.136 e. The molecule has 1 spiro atoms. The zero-order chi connectivity index (χ0) is 20.0. The van der Waals surface area contributed by atoms with E-state index in [1.54, 1.807) is 0 Å². The highest BCUT2D eigenvalue weighted by atomic mass is 15.2. The van der Waals surface area contributed by atoms with Gasteiger partial charge < -0.3 is 4.90 Å². The third-order valence-corrected chi connectivity index (χ3v) is 7.47. The first kappa shape index (κ1) is 18.1. The molecule has 3 heteroatoms. The number of hydrogen-bond donors (Lipinski definition) is 0. The molecule has 3 aliphatic rings. The Morgan fingerprint density at radius 1 is 0.800 bits per heavy atom. The molecule has 30 heavy (non-hydrogen) atoms. The van der Waals surface area contributed by atoms with Gasteiger partial charge in [0.2, 0.25) is 0 Å². The highest BCUT2D eigenvalue weighted by Gasteiger charge is 2.43. The largest absolute Gasteiger partial charge is 0.356 e. The van der Waals surface area contributed by atoms with Crippen LogP contribution < -0.4 is 4.90 Å². The molecule has 0 unspecified atom stereocenters. The van der Waals surface area contributed by atoms with Gasteiger partial charge in [-0.2, -0.15) is 0 Å². The van der Waals surface area contributed by atoms with Gasteiger partial charge in [0, 0.05) is 36.1 Å². The van der Waals surface area contributed by atoms with Crippen LogP contribution in [0.25, 0.3) is 11.3 Å². The normalized spacial score (nSPS) is 19.1. The molecule has 6 rings (SSSR count). The van der Waals surface area contributed by atoms with Crippen LogP contribution in [0, 0.1) is 0 Å². The Kier molecular flexibility index (Phi) is 4.36. The Labute approximate surface area is 179 Å². The van der Waals surface area contributed by atoms with Gasteiger partial charge in [0.1, 0.15) is 11.6 Å². The summed E-state index contributed by atoms with van der Waals surface area (Å²) >= 11 is 0. The molecule has 2 aliphatic carbocycles. The van der Waals surface area contributed by atoms with Crippen molar-refractivity contribution in [3.63, 3.8) is 0 Å². The Morgan fingerprint density at radius 2 is 1.53 bits per heavy atom. The zero-order valence-electron chi connectivity index (χ0n) is 17.6. The second-order valence-electron chi connectivity index (χ2n) is 9.36. The number of hydrogen-bond acceptors (Lipinski definition) is 3. The fourth-order valence-corrected chi connectivity index (χ4v) is 6.03. The monoisotopic (exact) mass is 395 g/mol. The number of rotatable bonds is 3. The summed E-state index contributed by atoms with van der Waals surface area (Å²) in [5.74, 6) is 2.18. The van der Waals surface area contributed by atoms with E-state index in [1.165, 1.54) is 72.3 Å². The first-order valence-corrected chi connectivity index (χ1v) is 11.6. The number of anilines is 1. The van der Waals surface area contributed by atoms with Gasteiger partial charge >= 0.3 is 0 Å². The molecule has 1 saturated carbocycles. The maximum absolute atomic E-state index is 5.21. The number of nitrogens with zero attached hydrogens (tertiary/aromatic N) is 3. The van der Waals surface area contributed by atoms with Crippen molar-refractivity contribution in [1.29, 1.82) is 0 Å².